The van der Waals surface area contributed by atoms with E-state index in [2.05, 4.69) is 20.3 Å². The molecule has 182 valence electrons. The van der Waals surface area contributed by atoms with Crippen LogP contribution in [0.25, 0.3) is 22.3 Å². The number of rotatable bonds is 10. The number of aliphatic hydroxyl groups is 1. The molecule has 3 heterocycles. The van der Waals surface area contributed by atoms with Crippen molar-refractivity contribution >= 4 is 22.5 Å². The minimum absolute atomic E-state index is 0.0788. The molecular formula is C26H27ClN4O4. The number of aromatic nitrogens is 3. The van der Waals surface area contributed by atoms with E-state index < -0.39 is 0 Å². The number of aliphatic hydroxyl groups excluding tert-OH is 1. The fourth-order valence-electron chi connectivity index (χ4n) is 3.48. The summed E-state index contributed by atoms with van der Waals surface area (Å²) < 4.78 is 17.8. The van der Waals surface area contributed by atoms with Crippen molar-refractivity contribution in [3.63, 3.8) is 0 Å². The average Bonchev–Trinajstić information content (AvgIpc) is 2.86. The van der Waals surface area contributed by atoms with Gasteiger partial charge < -0.3 is 24.6 Å². The maximum absolute atomic E-state index is 8.88. The van der Waals surface area contributed by atoms with Crippen molar-refractivity contribution in [1.82, 2.24) is 20.3 Å². The van der Waals surface area contributed by atoms with Gasteiger partial charge in [0.25, 0.3) is 0 Å². The summed E-state index contributed by atoms with van der Waals surface area (Å²) in [5.74, 6) is 2.18. The van der Waals surface area contributed by atoms with Gasteiger partial charge in [-0.25, -0.2) is 4.98 Å². The number of fused-ring (bicyclic) bond motifs is 1. The lowest BCUT2D eigenvalue weighted by Gasteiger charge is -2.16. The number of benzene rings is 1. The van der Waals surface area contributed by atoms with Crippen molar-refractivity contribution in [2.75, 3.05) is 33.4 Å². The lowest BCUT2D eigenvalue weighted by molar-refractivity contribution is 0.269. The Kier molecular flexibility index (Phi) is 7.97. The van der Waals surface area contributed by atoms with Crippen molar-refractivity contribution in [3.05, 3.63) is 65.1 Å². The standard InChI is InChI=1S/C26H27ClN4O4/c1-16-4-5-20(30-15-16)26-25(13-19(27)17(2)31-26)35-22-6-7-29-21-14-24(23(33-3)12-18(21)22)34-11-9-28-8-10-32/h4-7,12-15,28,32H,8-11H2,1-3H3. The molecule has 4 rings (SSSR count). The molecule has 2 N–H and O–H groups in total. The molecule has 0 unspecified atom stereocenters. The van der Waals surface area contributed by atoms with Gasteiger partial charge in [0.15, 0.2) is 17.2 Å². The Hall–Kier alpha value is -3.46. The Labute approximate surface area is 208 Å². The van der Waals surface area contributed by atoms with Crippen molar-refractivity contribution in [2.24, 2.45) is 0 Å². The van der Waals surface area contributed by atoms with Gasteiger partial charge in [-0.1, -0.05) is 17.7 Å². The molecular weight excluding hydrogens is 468 g/mol. The van der Waals surface area contributed by atoms with Gasteiger partial charge in [0.1, 0.15) is 18.1 Å². The predicted octanol–water partition coefficient (Wildman–Crippen LogP) is 4.72. The summed E-state index contributed by atoms with van der Waals surface area (Å²) in [7, 11) is 1.58. The molecule has 8 nitrogen and oxygen atoms in total. The molecule has 0 saturated heterocycles. The molecule has 0 atom stereocenters. The van der Waals surface area contributed by atoms with E-state index >= 15 is 0 Å². The van der Waals surface area contributed by atoms with Crippen LogP contribution in [0.3, 0.4) is 0 Å². The first kappa shape index (κ1) is 24.7. The third kappa shape index (κ3) is 5.79. The average molecular weight is 495 g/mol. The zero-order valence-corrected chi connectivity index (χ0v) is 20.6. The summed E-state index contributed by atoms with van der Waals surface area (Å²) in [6.45, 7) is 5.42. The highest BCUT2D eigenvalue weighted by atomic mass is 35.5. The summed E-state index contributed by atoms with van der Waals surface area (Å²) >= 11 is 6.40. The van der Waals surface area contributed by atoms with Gasteiger partial charge in [-0.15, -0.1) is 0 Å². The van der Waals surface area contributed by atoms with Crippen molar-refractivity contribution in [3.8, 4) is 34.4 Å². The smallest absolute Gasteiger partial charge is 0.163 e. The molecule has 0 fully saturated rings. The maximum Gasteiger partial charge on any atom is 0.163 e. The predicted molar refractivity (Wildman–Crippen MR) is 136 cm³/mol. The summed E-state index contributed by atoms with van der Waals surface area (Å²) in [6.07, 6.45) is 3.46. The Balaban J connectivity index is 1.69. The number of nitrogens with zero attached hydrogens (tertiary/aromatic N) is 3. The summed E-state index contributed by atoms with van der Waals surface area (Å²) in [4.78, 5) is 13.6. The molecule has 0 radical (unpaired) electrons. The number of nitrogens with one attached hydrogen (secondary N) is 1. The Morgan fingerprint density at radius 3 is 2.57 bits per heavy atom. The van der Waals surface area contributed by atoms with Crippen LogP contribution >= 0.6 is 11.6 Å². The van der Waals surface area contributed by atoms with E-state index in [0.717, 1.165) is 10.9 Å². The van der Waals surface area contributed by atoms with E-state index in [-0.39, 0.29) is 6.61 Å². The molecule has 0 saturated carbocycles. The first-order valence-corrected chi connectivity index (χ1v) is 11.6. The summed E-state index contributed by atoms with van der Waals surface area (Å²) in [5, 5.41) is 13.2. The molecule has 0 aliphatic rings. The van der Waals surface area contributed by atoms with Gasteiger partial charge >= 0.3 is 0 Å². The maximum atomic E-state index is 8.88. The van der Waals surface area contributed by atoms with E-state index in [4.69, 9.17) is 30.9 Å². The molecule has 35 heavy (non-hydrogen) atoms. The zero-order valence-electron chi connectivity index (χ0n) is 19.8. The molecule has 0 amide bonds. The van der Waals surface area contributed by atoms with Crippen LogP contribution in [0.4, 0.5) is 0 Å². The third-order valence-electron chi connectivity index (χ3n) is 5.30. The topological polar surface area (TPSA) is 98.6 Å². The lowest BCUT2D eigenvalue weighted by Crippen LogP contribution is -2.24. The SMILES string of the molecule is COc1cc2c(Oc3cc(Cl)c(C)nc3-c3ccc(C)cn3)ccnc2cc1OCCNCCO. The number of ether oxygens (including phenoxy) is 3. The Morgan fingerprint density at radius 1 is 0.971 bits per heavy atom. The molecule has 1 aromatic carbocycles. The molecule has 3 aromatic heterocycles. The number of aryl methyl sites for hydroxylation is 2. The minimum Gasteiger partial charge on any atom is -0.493 e. The van der Waals surface area contributed by atoms with Crippen LogP contribution in [0, 0.1) is 13.8 Å². The third-order valence-corrected chi connectivity index (χ3v) is 5.68. The quantitative estimate of drug-likeness (QED) is 0.305. The highest BCUT2D eigenvalue weighted by Gasteiger charge is 2.17. The highest BCUT2D eigenvalue weighted by molar-refractivity contribution is 6.31. The normalized spacial score (nSPS) is 11.0. The van der Waals surface area contributed by atoms with Gasteiger partial charge in [-0.05, 0) is 37.6 Å². The second kappa shape index (κ2) is 11.3. The fraction of sp³-hybridized carbons (Fsp3) is 0.269. The van der Waals surface area contributed by atoms with E-state index in [0.29, 0.717) is 70.3 Å². The van der Waals surface area contributed by atoms with Crippen molar-refractivity contribution in [2.45, 2.75) is 13.8 Å². The number of hydrogen-bond acceptors (Lipinski definition) is 8. The minimum atomic E-state index is 0.0788. The number of halogens is 1. The Morgan fingerprint density at radius 2 is 1.83 bits per heavy atom. The van der Waals surface area contributed by atoms with Gasteiger partial charge in [0.05, 0.1) is 35.6 Å². The molecule has 9 heteroatoms. The van der Waals surface area contributed by atoms with Crippen molar-refractivity contribution in [1.29, 1.82) is 0 Å². The first-order valence-electron chi connectivity index (χ1n) is 11.2. The van der Waals surface area contributed by atoms with E-state index in [1.54, 1.807) is 31.6 Å². The van der Waals surface area contributed by atoms with Crippen LogP contribution in [0.15, 0.2) is 48.8 Å². The second-order valence-corrected chi connectivity index (χ2v) is 8.28. The Bertz CT molecular complexity index is 1320. The van der Waals surface area contributed by atoms with Crippen LogP contribution in [0.1, 0.15) is 11.3 Å². The van der Waals surface area contributed by atoms with Crippen LogP contribution in [0.5, 0.6) is 23.0 Å². The van der Waals surface area contributed by atoms with Crippen molar-refractivity contribution < 1.29 is 19.3 Å². The fourth-order valence-corrected chi connectivity index (χ4v) is 3.62. The van der Waals surface area contributed by atoms with E-state index in [1.165, 1.54) is 0 Å². The van der Waals surface area contributed by atoms with Crippen LogP contribution < -0.4 is 19.5 Å². The van der Waals surface area contributed by atoms with Gasteiger partial charge in [0.2, 0.25) is 0 Å². The van der Waals surface area contributed by atoms with Gasteiger partial charge in [0, 0.05) is 43.0 Å². The first-order chi connectivity index (χ1) is 17.0. The largest absolute Gasteiger partial charge is 0.493 e. The highest BCUT2D eigenvalue weighted by Crippen LogP contribution is 2.39. The summed E-state index contributed by atoms with van der Waals surface area (Å²) in [6, 6.07) is 11.1. The van der Waals surface area contributed by atoms with Crippen LogP contribution in [-0.4, -0.2) is 53.5 Å². The number of pyridine rings is 3. The lowest BCUT2D eigenvalue weighted by atomic mass is 10.1. The molecule has 4 aromatic rings. The molecule has 0 aliphatic carbocycles. The molecule has 0 bridgehead atoms. The number of hydrogen-bond donors (Lipinski definition) is 2. The van der Waals surface area contributed by atoms with Crippen LogP contribution in [-0.2, 0) is 0 Å². The molecule has 0 aliphatic heterocycles. The van der Waals surface area contributed by atoms with Gasteiger partial charge in [-0.3, -0.25) is 9.97 Å². The summed E-state index contributed by atoms with van der Waals surface area (Å²) in [5.41, 5.74) is 3.71. The van der Waals surface area contributed by atoms with E-state index in [1.807, 2.05) is 38.1 Å². The monoisotopic (exact) mass is 494 g/mol. The zero-order chi connectivity index (χ0) is 24.8. The van der Waals surface area contributed by atoms with Crippen LogP contribution in [0.2, 0.25) is 5.02 Å². The second-order valence-electron chi connectivity index (χ2n) is 7.88. The van der Waals surface area contributed by atoms with Gasteiger partial charge in [-0.2, -0.15) is 0 Å². The number of methoxy groups -OCH3 is 1. The molecule has 0 spiro atoms. The van der Waals surface area contributed by atoms with E-state index in [9.17, 15) is 0 Å².